The van der Waals surface area contributed by atoms with Crippen LogP contribution in [-0.2, 0) is 7.05 Å². The first-order valence-electron chi connectivity index (χ1n) is 5.71. The van der Waals surface area contributed by atoms with E-state index in [2.05, 4.69) is 9.98 Å². The van der Waals surface area contributed by atoms with E-state index in [4.69, 9.17) is 0 Å². The minimum atomic E-state index is -0.0338. The van der Waals surface area contributed by atoms with Gasteiger partial charge in [-0.05, 0) is 31.5 Å². The minimum Gasteiger partial charge on any atom is -0.319 e. The van der Waals surface area contributed by atoms with Crippen molar-refractivity contribution in [2.75, 3.05) is 0 Å². The highest BCUT2D eigenvalue weighted by atomic mass is 16.1. The summed E-state index contributed by atoms with van der Waals surface area (Å²) in [5.41, 5.74) is 3.52. The van der Waals surface area contributed by atoms with Crippen molar-refractivity contribution in [1.82, 2.24) is 9.55 Å². The van der Waals surface area contributed by atoms with Crippen LogP contribution in [0, 0.1) is 6.92 Å². The Morgan fingerprint density at radius 2 is 2.17 bits per heavy atom. The van der Waals surface area contributed by atoms with Crippen molar-refractivity contribution in [2.24, 2.45) is 12.0 Å². The van der Waals surface area contributed by atoms with Gasteiger partial charge in [-0.15, -0.1) is 0 Å². The Morgan fingerprint density at radius 3 is 2.83 bits per heavy atom. The van der Waals surface area contributed by atoms with Crippen LogP contribution in [-0.4, -0.2) is 15.3 Å². The van der Waals surface area contributed by atoms with E-state index in [1.54, 1.807) is 31.7 Å². The maximum absolute atomic E-state index is 11.6. The van der Waals surface area contributed by atoms with Crippen LogP contribution in [0.4, 0.5) is 5.69 Å². The minimum absolute atomic E-state index is 0.0338. The standard InChI is InChI=1S/C14H15N3O/c1-10-9-15-6-4-13(10)16-11(2)12-5-7-17(3)14(18)8-12/h4-9H,1-3H3. The smallest absolute Gasteiger partial charge is 0.250 e. The first kappa shape index (κ1) is 12.2. The molecule has 2 aromatic rings. The Kier molecular flexibility index (Phi) is 3.37. The topological polar surface area (TPSA) is 47.2 Å². The van der Waals surface area contributed by atoms with Gasteiger partial charge in [0.2, 0.25) is 0 Å². The van der Waals surface area contributed by atoms with E-state index in [0.717, 1.165) is 22.5 Å². The molecule has 2 aromatic heterocycles. The fourth-order valence-electron chi connectivity index (χ4n) is 1.61. The Morgan fingerprint density at radius 1 is 1.39 bits per heavy atom. The van der Waals surface area contributed by atoms with E-state index < -0.39 is 0 Å². The summed E-state index contributed by atoms with van der Waals surface area (Å²) in [6.45, 7) is 3.86. The number of aromatic nitrogens is 2. The van der Waals surface area contributed by atoms with Crippen molar-refractivity contribution in [3.63, 3.8) is 0 Å². The molecule has 0 amide bonds. The molecule has 0 saturated heterocycles. The molecule has 92 valence electrons. The average Bonchev–Trinajstić information content (AvgIpc) is 2.35. The van der Waals surface area contributed by atoms with Gasteiger partial charge in [0.25, 0.3) is 5.56 Å². The largest absolute Gasteiger partial charge is 0.319 e. The van der Waals surface area contributed by atoms with Crippen LogP contribution in [0.5, 0.6) is 0 Å². The van der Waals surface area contributed by atoms with Crippen molar-refractivity contribution in [1.29, 1.82) is 0 Å². The highest BCUT2D eigenvalue weighted by Gasteiger charge is 2.01. The van der Waals surface area contributed by atoms with Crippen LogP contribution in [0.25, 0.3) is 0 Å². The molecular formula is C14H15N3O. The number of hydrogen-bond donors (Lipinski definition) is 0. The van der Waals surface area contributed by atoms with Gasteiger partial charge >= 0.3 is 0 Å². The number of aryl methyl sites for hydroxylation is 2. The van der Waals surface area contributed by atoms with Gasteiger partial charge in [0.1, 0.15) is 0 Å². The molecule has 0 saturated carbocycles. The molecule has 0 aliphatic rings. The molecule has 0 fully saturated rings. The van der Waals surface area contributed by atoms with Crippen LogP contribution < -0.4 is 5.56 Å². The maximum Gasteiger partial charge on any atom is 0.250 e. The fourth-order valence-corrected chi connectivity index (χ4v) is 1.61. The molecule has 0 radical (unpaired) electrons. The van der Waals surface area contributed by atoms with E-state index in [1.165, 1.54) is 4.57 Å². The van der Waals surface area contributed by atoms with Gasteiger partial charge in [0, 0.05) is 43.0 Å². The second-order valence-electron chi connectivity index (χ2n) is 4.22. The van der Waals surface area contributed by atoms with E-state index in [9.17, 15) is 4.79 Å². The zero-order chi connectivity index (χ0) is 13.1. The molecular weight excluding hydrogens is 226 g/mol. The molecule has 0 aliphatic heterocycles. The maximum atomic E-state index is 11.6. The van der Waals surface area contributed by atoms with E-state index in [-0.39, 0.29) is 5.56 Å². The van der Waals surface area contributed by atoms with Gasteiger partial charge in [-0.1, -0.05) is 0 Å². The molecule has 0 spiro atoms. The number of aliphatic imine (C=N–C) groups is 1. The van der Waals surface area contributed by atoms with Gasteiger partial charge < -0.3 is 4.57 Å². The lowest BCUT2D eigenvalue weighted by Crippen LogP contribution is -2.16. The summed E-state index contributed by atoms with van der Waals surface area (Å²) in [6, 6.07) is 5.34. The van der Waals surface area contributed by atoms with Crippen molar-refractivity contribution >= 4 is 11.4 Å². The fraction of sp³-hybridized carbons (Fsp3) is 0.214. The predicted molar refractivity (Wildman–Crippen MR) is 72.5 cm³/mol. The first-order chi connectivity index (χ1) is 8.58. The second kappa shape index (κ2) is 4.96. The average molecular weight is 241 g/mol. The van der Waals surface area contributed by atoms with Crippen LogP contribution in [0.1, 0.15) is 18.1 Å². The molecule has 4 nitrogen and oxygen atoms in total. The molecule has 2 rings (SSSR count). The van der Waals surface area contributed by atoms with Crippen LogP contribution in [0.2, 0.25) is 0 Å². The summed E-state index contributed by atoms with van der Waals surface area (Å²) in [6.07, 6.45) is 5.23. The second-order valence-corrected chi connectivity index (χ2v) is 4.22. The van der Waals surface area contributed by atoms with Gasteiger partial charge in [-0.2, -0.15) is 0 Å². The van der Waals surface area contributed by atoms with Gasteiger partial charge in [0.15, 0.2) is 0 Å². The molecule has 0 atom stereocenters. The lowest BCUT2D eigenvalue weighted by Gasteiger charge is -2.04. The first-order valence-corrected chi connectivity index (χ1v) is 5.71. The summed E-state index contributed by atoms with van der Waals surface area (Å²) in [5.74, 6) is 0. The lowest BCUT2D eigenvalue weighted by atomic mass is 10.2. The Balaban J connectivity index is 2.42. The summed E-state index contributed by atoms with van der Waals surface area (Å²) < 4.78 is 1.54. The van der Waals surface area contributed by atoms with Gasteiger partial charge in [0.05, 0.1) is 5.69 Å². The molecule has 4 heteroatoms. The van der Waals surface area contributed by atoms with E-state index in [1.807, 2.05) is 26.0 Å². The number of nitrogens with zero attached hydrogens (tertiary/aromatic N) is 3. The molecule has 0 unspecified atom stereocenters. The molecule has 0 N–H and O–H groups in total. The van der Waals surface area contributed by atoms with E-state index in [0.29, 0.717) is 0 Å². The highest BCUT2D eigenvalue weighted by Crippen LogP contribution is 2.17. The number of hydrogen-bond acceptors (Lipinski definition) is 3. The summed E-state index contributed by atoms with van der Waals surface area (Å²) in [7, 11) is 1.73. The van der Waals surface area contributed by atoms with Gasteiger partial charge in [-0.25, -0.2) is 0 Å². The number of pyridine rings is 2. The number of rotatable bonds is 2. The molecule has 0 aliphatic carbocycles. The zero-order valence-corrected chi connectivity index (χ0v) is 10.7. The van der Waals surface area contributed by atoms with Crippen LogP contribution in [0.15, 0.2) is 46.6 Å². The predicted octanol–water partition coefficient (Wildman–Crippen LogP) is 2.23. The molecule has 18 heavy (non-hydrogen) atoms. The van der Waals surface area contributed by atoms with Crippen LogP contribution >= 0.6 is 0 Å². The van der Waals surface area contributed by atoms with Crippen molar-refractivity contribution in [3.8, 4) is 0 Å². The quantitative estimate of drug-likeness (QED) is 0.757. The third-order valence-corrected chi connectivity index (χ3v) is 2.80. The summed E-state index contributed by atoms with van der Waals surface area (Å²) in [5, 5.41) is 0. The van der Waals surface area contributed by atoms with Crippen molar-refractivity contribution < 1.29 is 0 Å². The van der Waals surface area contributed by atoms with Crippen molar-refractivity contribution in [3.05, 3.63) is 58.3 Å². The Bertz CT molecular complexity index is 656. The third-order valence-electron chi connectivity index (χ3n) is 2.80. The van der Waals surface area contributed by atoms with Crippen LogP contribution in [0.3, 0.4) is 0 Å². The molecule has 2 heterocycles. The zero-order valence-electron chi connectivity index (χ0n) is 10.7. The summed E-state index contributed by atoms with van der Waals surface area (Å²) in [4.78, 5) is 20.1. The van der Waals surface area contributed by atoms with Gasteiger partial charge in [-0.3, -0.25) is 14.8 Å². The monoisotopic (exact) mass is 241 g/mol. The van der Waals surface area contributed by atoms with Crippen molar-refractivity contribution in [2.45, 2.75) is 13.8 Å². The summed E-state index contributed by atoms with van der Waals surface area (Å²) >= 11 is 0. The van der Waals surface area contributed by atoms with E-state index >= 15 is 0 Å². The molecule has 0 aromatic carbocycles. The lowest BCUT2D eigenvalue weighted by molar-refractivity contribution is 0.859. The Hall–Kier alpha value is -2.23. The molecule has 0 bridgehead atoms. The highest BCUT2D eigenvalue weighted by molar-refractivity contribution is 6.00. The third kappa shape index (κ3) is 2.53. The normalized spacial score (nSPS) is 11.6. The Labute approximate surface area is 106 Å². The SMILES string of the molecule is CC(=Nc1ccncc1C)c1ccn(C)c(=O)c1.